The quantitative estimate of drug-likeness (QED) is 0.709. The van der Waals surface area contributed by atoms with Gasteiger partial charge < -0.3 is 4.74 Å². The summed E-state index contributed by atoms with van der Waals surface area (Å²) in [6, 6.07) is 10.9. The molecular weight excluding hydrogens is 373 g/mol. The average molecular weight is 388 g/mol. The third kappa shape index (κ3) is 4.87. The zero-order valence-electron chi connectivity index (χ0n) is 13.0. The molecular formula is C16H15Cl2NO4S. The fourth-order valence-electron chi connectivity index (χ4n) is 1.89. The Kier molecular flexibility index (Phi) is 5.74. The summed E-state index contributed by atoms with van der Waals surface area (Å²) < 4.78 is 29.5. The van der Waals surface area contributed by atoms with Crippen molar-refractivity contribution in [3.8, 4) is 5.75 Å². The van der Waals surface area contributed by atoms with Crippen molar-refractivity contribution in [2.24, 2.45) is 0 Å². The number of benzene rings is 2. The van der Waals surface area contributed by atoms with Crippen molar-refractivity contribution >= 4 is 44.7 Å². The van der Waals surface area contributed by atoms with Gasteiger partial charge in [-0.2, -0.15) is 0 Å². The predicted octanol–water partition coefficient (Wildman–Crippen LogP) is 3.65. The summed E-state index contributed by atoms with van der Waals surface area (Å²) in [5.41, 5.74) is 0.880. The lowest BCUT2D eigenvalue weighted by molar-refractivity contribution is 0.0921. The molecule has 0 unspecified atom stereocenters. The zero-order valence-corrected chi connectivity index (χ0v) is 15.3. The lowest BCUT2D eigenvalue weighted by Crippen LogP contribution is -2.24. The summed E-state index contributed by atoms with van der Waals surface area (Å²) in [6.07, 6.45) is 1.11. The summed E-state index contributed by atoms with van der Waals surface area (Å²) in [5.74, 6) is 0.147. The Balaban J connectivity index is 2.05. The Hall–Kier alpha value is -1.76. The molecule has 0 bridgehead atoms. The smallest absolute Gasteiger partial charge is 0.231 e. The summed E-state index contributed by atoms with van der Waals surface area (Å²) in [5, 5.41) is 0.830. The van der Waals surface area contributed by atoms with Gasteiger partial charge in [0.2, 0.25) is 10.0 Å². The van der Waals surface area contributed by atoms with Crippen LogP contribution in [0.5, 0.6) is 5.75 Å². The zero-order chi connectivity index (χ0) is 17.9. The van der Waals surface area contributed by atoms with Crippen LogP contribution in [0, 0.1) is 0 Å². The van der Waals surface area contributed by atoms with Gasteiger partial charge in [0.05, 0.1) is 11.9 Å². The molecule has 2 rings (SSSR count). The van der Waals surface area contributed by atoms with E-state index < -0.39 is 10.0 Å². The van der Waals surface area contributed by atoms with Crippen LogP contribution in [-0.2, 0) is 10.0 Å². The van der Waals surface area contributed by atoms with Gasteiger partial charge in [-0.05, 0) is 42.5 Å². The molecule has 0 amide bonds. The van der Waals surface area contributed by atoms with Crippen LogP contribution in [0.2, 0.25) is 10.0 Å². The van der Waals surface area contributed by atoms with Gasteiger partial charge in [-0.15, -0.1) is 0 Å². The maximum atomic E-state index is 12.1. The minimum Gasteiger partial charge on any atom is -0.485 e. The van der Waals surface area contributed by atoms with Crippen molar-refractivity contribution in [1.29, 1.82) is 0 Å². The van der Waals surface area contributed by atoms with Crippen molar-refractivity contribution < 1.29 is 17.9 Å². The molecule has 0 saturated carbocycles. The number of carbonyl (C=O) groups is 1. The monoisotopic (exact) mass is 387 g/mol. The number of halogens is 2. The summed E-state index contributed by atoms with van der Waals surface area (Å²) in [6.45, 7) is -0.183. The molecule has 0 atom stereocenters. The summed E-state index contributed by atoms with van der Waals surface area (Å²) in [4.78, 5) is 12.1. The molecule has 2 aromatic carbocycles. The number of ether oxygens (including phenoxy) is 1. The van der Waals surface area contributed by atoms with E-state index in [1.807, 2.05) is 0 Å². The first-order valence-electron chi connectivity index (χ1n) is 6.83. The molecule has 0 heterocycles. The first-order valence-corrected chi connectivity index (χ1v) is 9.43. The first-order chi connectivity index (χ1) is 11.2. The normalized spacial score (nSPS) is 11.2. The second-order valence-corrected chi connectivity index (χ2v) is 7.98. The van der Waals surface area contributed by atoms with Gasteiger partial charge in [0, 0.05) is 22.7 Å². The molecule has 8 heteroatoms. The van der Waals surface area contributed by atoms with Crippen molar-refractivity contribution in [2.45, 2.75) is 0 Å². The number of sulfonamides is 1. The highest BCUT2D eigenvalue weighted by molar-refractivity contribution is 7.92. The van der Waals surface area contributed by atoms with E-state index in [4.69, 9.17) is 27.9 Å². The second kappa shape index (κ2) is 7.42. The molecule has 24 heavy (non-hydrogen) atoms. The van der Waals surface area contributed by atoms with Crippen molar-refractivity contribution in [1.82, 2.24) is 0 Å². The summed E-state index contributed by atoms with van der Waals surface area (Å²) >= 11 is 11.7. The molecule has 0 aliphatic heterocycles. The number of rotatable bonds is 6. The topological polar surface area (TPSA) is 63.7 Å². The molecule has 0 fully saturated rings. The number of ketones is 1. The lowest BCUT2D eigenvalue weighted by atomic mass is 10.1. The number of anilines is 1. The SMILES string of the molecule is CN(c1ccc(C(=O)COc2cc(Cl)cc(Cl)c2)cc1)S(C)(=O)=O. The van der Waals surface area contributed by atoms with Crippen LogP contribution in [0.1, 0.15) is 10.4 Å². The number of hydrogen-bond acceptors (Lipinski definition) is 4. The first kappa shape index (κ1) is 18.6. The highest BCUT2D eigenvalue weighted by atomic mass is 35.5. The van der Waals surface area contributed by atoms with E-state index in [1.165, 1.54) is 7.05 Å². The van der Waals surface area contributed by atoms with Crippen LogP contribution >= 0.6 is 23.2 Å². The maximum absolute atomic E-state index is 12.1. The Morgan fingerprint density at radius 2 is 1.62 bits per heavy atom. The summed E-state index contributed by atoms with van der Waals surface area (Å²) in [7, 11) is -1.90. The molecule has 128 valence electrons. The Morgan fingerprint density at radius 3 is 2.12 bits per heavy atom. The molecule has 0 N–H and O–H groups in total. The molecule has 0 aromatic heterocycles. The molecule has 0 saturated heterocycles. The Bertz CT molecular complexity index is 831. The third-order valence-electron chi connectivity index (χ3n) is 3.26. The van der Waals surface area contributed by atoms with Crippen molar-refractivity contribution in [3.63, 3.8) is 0 Å². The molecule has 2 aromatic rings. The van der Waals surface area contributed by atoms with E-state index in [-0.39, 0.29) is 12.4 Å². The third-order valence-corrected chi connectivity index (χ3v) is 4.90. The van der Waals surface area contributed by atoms with E-state index in [0.29, 0.717) is 27.0 Å². The van der Waals surface area contributed by atoms with Gasteiger partial charge in [-0.1, -0.05) is 23.2 Å². The molecule has 5 nitrogen and oxygen atoms in total. The molecule has 0 spiro atoms. The van der Waals surface area contributed by atoms with Gasteiger partial charge in [0.25, 0.3) is 0 Å². The Labute approximate surface area is 150 Å². The molecule has 0 radical (unpaired) electrons. The van der Waals surface area contributed by atoms with Gasteiger partial charge in [-0.3, -0.25) is 9.10 Å². The van der Waals surface area contributed by atoms with Crippen LogP contribution in [-0.4, -0.2) is 34.1 Å². The predicted molar refractivity (Wildman–Crippen MR) is 96.0 cm³/mol. The van der Waals surface area contributed by atoms with E-state index in [0.717, 1.165) is 10.6 Å². The highest BCUT2D eigenvalue weighted by Crippen LogP contribution is 2.24. The van der Waals surface area contributed by atoms with E-state index in [1.54, 1.807) is 42.5 Å². The Morgan fingerprint density at radius 1 is 1.08 bits per heavy atom. The maximum Gasteiger partial charge on any atom is 0.231 e. The number of nitrogens with zero attached hydrogens (tertiary/aromatic N) is 1. The van der Waals surface area contributed by atoms with E-state index in [2.05, 4.69) is 0 Å². The van der Waals surface area contributed by atoms with Crippen molar-refractivity contribution in [2.75, 3.05) is 24.2 Å². The number of carbonyl (C=O) groups excluding carboxylic acids is 1. The minimum atomic E-state index is -3.34. The van der Waals surface area contributed by atoms with Gasteiger partial charge in [-0.25, -0.2) is 8.42 Å². The lowest BCUT2D eigenvalue weighted by Gasteiger charge is -2.16. The molecule has 0 aliphatic rings. The van der Waals surface area contributed by atoms with Crippen LogP contribution in [0.3, 0.4) is 0 Å². The number of hydrogen-bond donors (Lipinski definition) is 0. The van der Waals surface area contributed by atoms with Gasteiger partial charge in [0.1, 0.15) is 5.75 Å². The number of Topliss-reactive ketones (excluding diaryl/α,β-unsaturated/α-hetero) is 1. The average Bonchev–Trinajstić information content (AvgIpc) is 2.50. The van der Waals surface area contributed by atoms with Gasteiger partial charge in [0.15, 0.2) is 12.4 Å². The van der Waals surface area contributed by atoms with Crippen LogP contribution in [0.4, 0.5) is 5.69 Å². The van der Waals surface area contributed by atoms with Crippen LogP contribution in [0.25, 0.3) is 0 Å². The van der Waals surface area contributed by atoms with E-state index >= 15 is 0 Å². The fraction of sp³-hybridized carbons (Fsp3) is 0.188. The van der Waals surface area contributed by atoms with Crippen molar-refractivity contribution in [3.05, 3.63) is 58.1 Å². The highest BCUT2D eigenvalue weighted by Gasteiger charge is 2.13. The second-order valence-electron chi connectivity index (χ2n) is 5.09. The van der Waals surface area contributed by atoms with Crippen LogP contribution < -0.4 is 9.04 Å². The standard InChI is InChI=1S/C16H15Cl2NO4S/c1-19(24(2,21)22)14-5-3-11(4-6-14)16(20)10-23-15-8-12(17)7-13(18)9-15/h3-9H,10H2,1-2H3. The molecule has 0 aliphatic carbocycles. The van der Waals surface area contributed by atoms with Crippen LogP contribution in [0.15, 0.2) is 42.5 Å². The largest absolute Gasteiger partial charge is 0.485 e. The minimum absolute atomic E-state index is 0.183. The van der Waals surface area contributed by atoms with Gasteiger partial charge >= 0.3 is 0 Å². The fourth-order valence-corrected chi connectivity index (χ4v) is 2.90. The van der Waals surface area contributed by atoms with E-state index in [9.17, 15) is 13.2 Å².